The fraction of sp³-hybridized carbons (Fsp3) is 0.650. The molecule has 4 aliphatic carbocycles. The molecular formula is C20H24O3. The zero-order chi connectivity index (χ0) is 16.5. The van der Waals surface area contributed by atoms with E-state index in [1.165, 1.54) is 6.08 Å². The molecule has 0 radical (unpaired) electrons. The minimum Gasteiger partial charge on any atom is -0.381 e. The monoisotopic (exact) mass is 312 g/mol. The second-order valence-electron chi connectivity index (χ2n) is 8.15. The highest BCUT2D eigenvalue weighted by atomic mass is 16.3. The van der Waals surface area contributed by atoms with Crippen molar-refractivity contribution < 1.29 is 15.0 Å². The molecule has 2 N–H and O–H groups in total. The maximum atomic E-state index is 11.6. The summed E-state index contributed by atoms with van der Waals surface area (Å²) in [5, 5.41) is 22.2. The molecule has 0 aliphatic heterocycles. The minimum atomic E-state index is -1.01. The van der Waals surface area contributed by atoms with Crippen LogP contribution in [0.3, 0.4) is 0 Å². The lowest BCUT2D eigenvalue weighted by atomic mass is 9.50. The Kier molecular flexibility index (Phi) is 3.03. The molecule has 4 aliphatic rings. The summed E-state index contributed by atoms with van der Waals surface area (Å²) in [5.74, 6) is 3.48. The van der Waals surface area contributed by atoms with Crippen molar-refractivity contribution in [1.82, 2.24) is 0 Å². The second-order valence-corrected chi connectivity index (χ2v) is 8.15. The number of carbonyl (C=O) groups excluding carboxylic acids is 1. The lowest BCUT2D eigenvalue weighted by Gasteiger charge is -2.56. The Morgan fingerprint density at radius 1 is 1.22 bits per heavy atom. The summed E-state index contributed by atoms with van der Waals surface area (Å²) in [7, 11) is 0. The summed E-state index contributed by atoms with van der Waals surface area (Å²) in [6.45, 7) is 2.14. The van der Waals surface area contributed by atoms with E-state index in [0.717, 1.165) is 37.7 Å². The number of hydrogen-bond donors (Lipinski definition) is 2. The van der Waals surface area contributed by atoms with Crippen molar-refractivity contribution in [3.05, 3.63) is 23.8 Å². The maximum absolute atomic E-state index is 11.6. The number of terminal acetylenes is 1. The molecule has 3 saturated carbocycles. The van der Waals surface area contributed by atoms with Gasteiger partial charge in [0.25, 0.3) is 0 Å². The van der Waals surface area contributed by atoms with Crippen LogP contribution in [-0.2, 0) is 4.79 Å². The second kappa shape index (κ2) is 4.59. The third-order valence-electron chi connectivity index (χ3n) is 7.47. The Hall–Kier alpha value is -1.37. The van der Waals surface area contributed by atoms with Crippen LogP contribution < -0.4 is 0 Å². The Bertz CT molecular complexity index is 669. The predicted molar refractivity (Wildman–Crippen MR) is 87.2 cm³/mol. The van der Waals surface area contributed by atoms with Gasteiger partial charge in [-0.05, 0) is 80.1 Å². The largest absolute Gasteiger partial charge is 0.381 e. The van der Waals surface area contributed by atoms with Crippen molar-refractivity contribution in [2.75, 3.05) is 0 Å². The molecule has 0 aromatic carbocycles. The van der Waals surface area contributed by atoms with Gasteiger partial charge in [-0.15, -0.1) is 6.42 Å². The molecule has 6 atom stereocenters. The van der Waals surface area contributed by atoms with E-state index in [0.29, 0.717) is 18.3 Å². The molecule has 0 amide bonds. The van der Waals surface area contributed by atoms with Gasteiger partial charge in [-0.3, -0.25) is 4.79 Å². The van der Waals surface area contributed by atoms with Crippen molar-refractivity contribution in [3.8, 4) is 12.3 Å². The SMILES string of the molecule is C#C[C@]1(O)CCC2C3CCC4=CC(=O)C=CC4(O)C3CC[C@@]21C. The minimum absolute atomic E-state index is 0.0219. The van der Waals surface area contributed by atoms with Crippen LogP contribution >= 0.6 is 0 Å². The Morgan fingerprint density at radius 3 is 2.70 bits per heavy atom. The van der Waals surface area contributed by atoms with E-state index < -0.39 is 11.2 Å². The zero-order valence-electron chi connectivity index (χ0n) is 13.6. The molecule has 4 rings (SSSR count). The predicted octanol–water partition coefficient (Wildman–Crippen LogP) is 2.38. The molecule has 3 nitrogen and oxygen atoms in total. The summed E-state index contributed by atoms with van der Waals surface area (Å²) in [5.41, 5.74) is -1.37. The molecule has 0 heterocycles. The number of rotatable bonds is 0. The van der Waals surface area contributed by atoms with Crippen LogP contribution in [0.2, 0.25) is 0 Å². The van der Waals surface area contributed by atoms with Gasteiger partial charge >= 0.3 is 0 Å². The van der Waals surface area contributed by atoms with E-state index in [-0.39, 0.29) is 17.1 Å². The zero-order valence-corrected chi connectivity index (χ0v) is 13.6. The van der Waals surface area contributed by atoms with Crippen LogP contribution in [0.5, 0.6) is 0 Å². The molecule has 3 fully saturated rings. The van der Waals surface area contributed by atoms with Crippen LogP contribution in [0.15, 0.2) is 23.8 Å². The summed E-state index contributed by atoms with van der Waals surface area (Å²) >= 11 is 0. The smallest absolute Gasteiger partial charge is 0.178 e. The molecule has 4 unspecified atom stereocenters. The highest BCUT2D eigenvalue weighted by Gasteiger charge is 2.63. The van der Waals surface area contributed by atoms with Gasteiger partial charge in [0, 0.05) is 5.41 Å². The summed E-state index contributed by atoms with van der Waals surface area (Å²) in [6, 6.07) is 0. The molecule has 0 bridgehead atoms. The number of hydrogen-bond acceptors (Lipinski definition) is 3. The van der Waals surface area contributed by atoms with E-state index in [4.69, 9.17) is 6.42 Å². The Balaban J connectivity index is 1.72. The van der Waals surface area contributed by atoms with Gasteiger partial charge in [0.15, 0.2) is 5.78 Å². The molecular weight excluding hydrogens is 288 g/mol. The van der Waals surface area contributed by atoms with E-state index in [2.05, 4.69) is 12.8 Å². The van der Waals surface area contributed by atoms with E-state index in [1.807, 2.05) is 0 Å². The normalized spacial score (nSPS) is 51.3. The van der Waals surface area contributed by atoms with E-state index in [9.17, 15) is 15.0 Å². The van der Waals surface area contributed by atoms with Crippen LogP contribution in [0.4, 0.5) is 0 Å². The summed E-state index contributed by atoms with van der Waals surface area (Å²) in [6.07, 6.45) is 15.5. The topological polar surface area (TPSA) is 57.5 Å². The van der Waals surface area contributed by atoms with Crippen molar-refractivity contribution >= 4 is 5.78 Å². The first-order valence-electron chi connectivity index (χ1n) is 8.71. The number of allylic oxidation sites excluding steroid dienone is 2. The van der Waals surface area contributed by atoms with E-state index in [1.54, 1.807) is 12.2 Å². The van der Waals surface area contributed by atoms with Gasteiger partial charge in [-0.2, -0.15) is 0 Å². The van der Waals surface area contributed by atoms with Crippen LogP contribution in [0, 0.1) is 35.5 Å². The maximum Gasteiger partial charge on any atom is 0.178 e. The van der Waals surface area contributed by atoms with Gasteiger partial charge in [-0.1, -0.05) is 12.8 Å². The van der Waals surface area contributed by atoms with Gasteiger partial charge in [0.05, 0.1) is 0 Å². The molecule has 23 heavy (non-hydrogen) atoms. The molecule has 0 saturated heterocycles. The molecule has 0 aromatic heterocycles. The average molecular weight is 312 g/mol. The van der Waals surface area contributed by atoms with Crippen LogP contribution in [0.1, 0.15) is 45.4 Å². The first-order chi connectivity index (χ1) is 10.8. The fourth-order valence-electron chi connectivity index (χ4n) is 6.10. The van der Waals surface area contributed by atoms with Crippen molar-refractivity contribution in [3.63, 3.8) is 0 Å². The molecule has 3 heteroatoms. The summed E-state index contributed by atoms with van der Waals surface area (Å²) < 4.78 is 0. The third-order valence-corrected chi connectivity index (χ3v) is 7.47. The van der Waals surface area contributed by atoms with Gasteiger partial charge in [0.1, 0.15) is 11.2 Å². The van der Waals surface area contributed by atoms with E-state index >= 15 is 0 Å². The number of ketones is 1. The fourth-order valence-corrected chi connectivity index (χ4v) is 6.10. The molecule has 122 valence electrons. The quantitative estimate of drug-likeness (QED) is 0.675. The molecule has 0 spiro atoms. The van der Waals surface area contributed by atoms with Gasteiger partial charge < -0.3 is 10.2 Å². The molecule has 0 aromatic rings. The van der Waals surface area contributed by atoms with Gasteiger partial charge in [-0.25, -0.2) is 0 Å². The average Bonchev–Trinajstić information content (AvgIpc) is 2.80. The van der Waals surface area contributed by atoms with Crippen molar-refractivity contribution in [2.24, 2.45) is 23.2 Å². The number of fused-ring (bicyclic) bond motifs is 5. The highest BCUT2D eigenvalue weighted by molar-refractivity contribution is 6.01. The lowest BCUT2D eigenvalue weighted by molar-refractivity contribution is -0.117. The first-order valence-corrected chi connectivity index (χ1v) is 8.71. The van der Waals surface area contributed by atoms with Crippen molar-refractivity contribution in [1.29, 1.82) is 0 Å². The van der Waals surface area contributed by atoms with Gasteiger partial charge in [0.2, 0.25) is 0 Å². The number of carbonyl (C=O) groups is 1. The first kappa shape index (κ1) is 15.2. The lowest BCUT2D eigenvalue weighted by Crippen LogP contribution is -2.56. The highest BCUT2D eigenvalue weighted by Crippen LogP contribution is 2.64. The number of aliphatic hydroxyl groups is 2. The standard InChI is InChI=1S/C20H24O3/c1-3-19(22)10-8-16-15-5-4-13-12-14(21)6-11-20(13,23)17(15)7-9-18(16,19)2/h1,6,11-12,15-17,22-23H,4-5,7-10H2,2H3/t15?,16?,17?,18-,19-,20?/m0/s1. The Morgan fingerprint density at radius 2 is 1.96 bits per heavy atom. The van der Waals surface area contributed by atoms with Crippen molar-refractivity contribution in [2.45, 2.75) is 56.7 Å². The Labute approximate surface area is 137 Å². The third kappa shape index (κ3) is 1.77. The van der Waals surface area contributed by atoms with Crippen LogP contribution in [-0.4, -0.2) is 27.2 Å². The summed E-state index contributed by atoms with van der Waals surface area (Å²) in [4.78, 5) is 11.6. The van der Waals surface area contributed by atoms with Crippen LogP contribution in [0.25, 0.3) is 0 Å².